The predicted molar refractivity (Wildman–Crippen MR) is 121 cm³/mol. The first-order valence-corrected chi connectivity index (χ1v) is 11.0. The summed E-state index contributed by atoms with van der Waals surface area (Å²) in [6, 6.07) is 8.39. The van der Waals surface area contributed by atoms with Crippen molar-refractivity contribution in [2.75, 3.05) is 39.0 Å². The molecule has 11 heteroatoms. The monoisotopic (exact) mass is 478 g/mol. The van der Waals surface area contributed by atoms with Gasteiger partial charge in [-0.05, 0) is 36.8 Å². The molecule has 0 aliphatic heterocycles. The molecule has 8 nitrogen and oxygen atoms in total. The van der Waals surface area contributed by atoms with Crippen LogP contribution in [0.5, 0.6) is 11.5 Å². The summed E-state index contributed by atoms with van der Waals surface area (Å²) in [5.74, 6) is -0.310. The largest absolute Gasteiger partial charge is 0.493 e. The number of methoxy groups -OCH3 is 3. The molecule has 0 unspecified atom stereocenters. The van der Waals surface area contributed by atoms with Crippen molar-refractivity contribution in [2.24, 2.45) is 0 Å². The summed E-state index contributed by atoms with van der Waals surface area (Å²) >= 11 is 1.16. The van der Waals surface area contributed by atoms with E-state index in [1.165, 1.54) is 6.07 Å². The van der Waals surface area contributed by atoms with Gasteiger partial charge in [0, 0.05) is 31.9 Å². The molecule has 0 saturated carbocycles. The van der Waals surface area contributed by atoms with Crippen LogP contribution in [0.25, 0.3) is 11.4 Å². The molecule has 0 spiro atoms. The molecule has 0 aliphatic carbocycles. The van der Waals surface area contributed by atoms with Gasteiger partial charge >= 0.3 is 0 Å². The fourth-order valence-corrected chi connectivity index (χ4v) is 3.82. The van der Waals surface area contributed by atoms with Crippen LogP contribution < -0.4 is 14.8 Å². The van der Waals surface area contributed by atoms with Gasteiger partial charge in [0.1, 0.15) is 11.6 Å². The zero-order valence-corrected chi connectivity index (χ0v) is 19.2. The Morgan fingerprint density at radius 1 is 1.06 bits per heavy atom. The van der Waals surface area contributed by atoms with Crippen molar-refractivity contribution in [3.8, 4) is 22.9 Å². The van der Waals surface area contributed by atoms with Gasteiger partial charge in [-0.15, -0.1) is 10.2 Å². The number of nitrogens with zero attached hydrogens (tertiary/aromatic N) is 3. The van der Waals surface area contributed by atoms with Gasteiger partial charge in [0.05, 0.1) is 25.7 Å². The maximum absolute atomic E-state index is 13.8. The highest BCUT2D eigenvalue weighted by molar-refractivity contribution is 7.99. The maximum atomic E-state index is 13.8. The molecule has 0 aliphatic rings. The Hall–Kier alpha value is -3.18. The average molecular weight is 479 g/mol. The van der Waals surface area contributed by atoms with Crippen LogP contribution in [0.1, 0.15) is 6.42 Å². The second-order valence-corrected chi connectivity index (χ2v) is 7.78. The molecule has 3 aromatic rings. The fourth-order valence-electron chi connectivity index (χ4n) is 3.06. The Bertz CT molecular complexity index is 1110. The van der Waals surface area contributed by atoms with E-state index in [4.69, 9.17) is 14.2 Å². The molecule has 1 heterocycles. The molecule has 0 fully saturated rings. The molecular weight excluding hydrogens is 454 g/mol. The third-order valence-electron chi connectivity index (χ3n) is 4.63. The van der Waals surface area contributed by atoms with Crippen molar-refractivity contribution >= 4 is 23.4 Å². The molecule has 1 aromatic heterocycles. The van der Waals surface area contributed by atoms with Crippen molar-refractivity contribution < 1.29 is 27.8 Å². The molecule has 0 atom stereocenters. The van der Waals surface area contributed by atoms with Crippen molar-refractivity contribution in [3.05, 3.63) is 48.0 Å². The van der Waals surface area contributed by atoms with E-state index in [2.05, 4.69) is 15.5 Å². The molecule has 0 bridgehead atoms. The van der Waals surface area contributed by atoms with Crippen molar-refractivity contribution in [2.45, 2.75) is 18.1 Å². The molecule has 2 aromatic carbocycles. The lowest BCUT2D eigenvalue weighted by molar-refractivity contribution is -0.113. The second kappa shape index (κ2) is 11.6. The average Bonchev–Trinajstić information content (AvgIpc) is 3.22. The van der Waals surface area contributed by atoms with Gasteiger partial charge in [0.15, 0.2) is 22.5 Å². The zero-order chi connectivity index (χ0) is 23.8. The maximum Gasteiger partial charge on any atom is 0.234 e. The van der Waals surface area contributed by atoms with E-state index in [0.717, 1.165) is 23.4 Å². The number of nitrogens with one attached hydrogen (secondary N) is 1. The number of hydrogen-bond donors (Lipinski definition) is 1. The number of amides is 1. The SMILES string of the molecule is COCCCn1c(SCC(=O)Nc2ccc(F)cc2F)nnc1-c1ccc(OC)c(OC)c1. The van der Waals surface area contributed by atoms with E-state index < -0.39 is 17.5 Å². The van der Waals surface area contributed by atoms with E-state index in [1.807, 2.05) is 10.6 Å². The van der Waals surface area contributed by atoms with Gasteiger partial charge in [-0.25, -0.2) is 8.78 Å². The number of hydrogen-bond acceptors (Lipinski definition) is 7. The van der Waals surface area contributed by atoms with Crippen LogP contribution in [0.4, 0.5) is 14.5 Å². The highest BCUT2D eigenvalue weighted by atomic mass is 32.2. The van der Waals surface area contributed by atoms with E-state index in [1.54, 1.807) is 33.5 Å². The van der Waals surface area contributed by atoms with Crippen LogP contribution in [0.2, 0.25) is 0 Å². The van der Waals surface area contributed by atoms with Crippen molar-refractivity contribution in [1.82, 2.24) is 14.8 Å². The second-order valence-electron chi connectivity index (χ2n) is 6.83. The third kappa shape index (κ3) is 6.20. The van der Waals surface area contributed by atoms with E-state index in [9.17, 15) is 13.6 Å². The van der Waals surface area contributed by atoms with Crippen LogP contribution in [0.15, 0.2) is 41.6 Å². The molecule has 1 amide bonds. The standard InChI is InChI=1S/C22H24F2N4O4S/c1-30-10-4-9-28-21(14-5-8-18(31-2)19(11-14)32-3)26-27-22(28)33-13-20(29)25-17-7-6-15(23)12-16(17)24/h5-8,11-12H,4,9-10,13H2,1-3H3,(H,25,29). The Balaban J connectivity index is 1.78. The number of ether oxygens (including phenoxy) is 3. The number of anilines is 1. The minimum absolute atomic E-state index is 0.0365. The fraction of sp³-hybridized carbons (Fsp3) is 0.318. The van der Waals surface area contributed by atoms with E-state index >= 15 is 0 Å². The quantitative estimate of drug-likeness (QED) is 0.329. The van der Waals surface area contributed by atoms with Gasteiger partial charge in [-0.3, -0.25) is 4.79 Å². The van der Waals surface area contributed by atoms with Crippen LogP contribution in [0, 0.1) is 11.6 Å². The lowest BCUT2D eigenvalue weighted by Crippen LogP contribution is -2.16. The Labute approximate surface area is 194 Å². The van der Waals surface area contributed by atoms with Crippen molar-refractivity contribution in [3.63, 3.8) is 0 Å². The molecular formula is C22H24F2N4O4S. The van der Waals surface area contributed by atoms with Crippen LogP contribution in [-0.4, -0.2) is 54.4 Å². The van der Waals surface area contributed by atoms with Gasteiger partial charge < -0.3 is 24.1 Å². The highest BCUT2D eigenvalue weighted by Gasteiger charge is 2.18. The lowest BCUT2D eigenvalue weighted by atomic mass is 10.2. The van der Waals surface area contributed by atoms with E-state index in [0.29, 0.717) is 48.1 Å². The van der Waals surface area contributed by atoms with Crippen LogP contribution in [-0.2, 0) is 16.1 Å². The first-order valence-electron chi connectivity index (χ1n) is 9.99. The van der Waals surface area contributed by atoms with Crippen LogP contribution in [0.3, 0.4) is 0 Å². The van der Waals surface area contributed by atoms with E-state index in [-0.39, 0.29) is 11.4 Å². The molecule has 33 heavy (non-hydrogen) atoms. The number of rotatable bonds is 11. The molecule has 0 saturated heterocycles. The molecule has 1 N–H and O–H groups in total. The van der Waals surface area contributed by atoms with Crippen molar-refractivity contribution in [1.29, 1.82) is 0 Å². The summed E-state index contributed by atoms with van der Waals surface area (Å²) < 4.78 is 44.6. The summed E-state index contributed by atoms with van der Waals surface area (Å²) in [5, 5.41) is 11.5. The zero-order valence-electron chi connectivity index (χ0n) is 18.4. The Morgan fingerprint density at radius 2 is 1.85 bits per heavy atom. The van der Waals surface area contributed by atoms with Gasteiger partial charge in [0.2, 0.25) is 5.91 Å². The molecule has 3 rings (SSSR count). The minimum Gasteiger partial charge on any atom is -0.493 e. The number of thioether (sulfide) groups is 1. The normalized spacial score (nSPS) is 10.8. The molecule has 0 radical (unpaired) electrons. The Morgan fingerprint density at radius 3 is 2.55 bits per heavy atom. The number of carbonyl (C=O) groups excluding carboxylic acids is 1. The lowest BCUT2D eigenvalue weighted by Gasteiger charge is -2.12. The number of halogens is 2. The number of carbonyl (C=O) groups is 1. The number of aromatic nitrogens is 3. The number of benzene rings is 2. The summed E-state index contributed by atoms with van der Waals surface area (Å²) in [4.78, 5) is 12.3. The smallest absolute Gasteiger partial charge is 0.234 e. The minimum atomic E-state index is -0.841. The predicted octanol–water partition coefficient (Wildman–Crippen LogP) is 4.01. The summed E-state index contributed by atoms with van der Waals surface area (Å²) in [6.07, 6.45) is 0.704. The topological polar surface area (TPSA) is 87.5 Å². The van der Waals surface area contributed by atoms with Gasteiger partial charge in [-0.2, -0.15) is 0 Å². The summed E-state index contributed by atoms with van der Waals surface area (Å²) in [6.45, 7) is 1.10. The molecule has 176 valence electrons. The van der Waals surface area contributed by atoms with Crippen LogP contribution >= 0.6 is 11.8 Å². The first kappa shape index (κ1) is 24.5. The highest BCUT2D eigenvalue weighted by Crippen LogP contribution is 2.33. The summed E-state index contributed by atoms with van der Waals surface area (Å²) in [7, 11) is 4.73. The summed E-state index contributed by atoms with van der Waals surface area (Å²) in [5.41, 5.74) is 0.678. The third-order valence-corrected chi connectivity index (χ3v) is 5.59. The Kier molecular flexibility index (Phi) is 8.61. The van der Waals surface area contributed by atoms with Gasteiger partial charge in [0.25, 0.3) is 0 Å². The first-order chi connectivity index (χ1) is 16.0. The van der Waals surface area contributed by atoms with Gasteiger partial charge in [-0.1, -0.05) is 11.8 Å².